The summed E-state index contributed by atoms with van der Waals surface area (Å²) in [7, 11) is -3.67. The highest BCUT2D eigenvalue weighted by molar-refractivity contribution is 8.00. The molecule has 1 atom stereocenters. The Balaban J connectivity index is 1.34. The first-order valence-electron chi connectivity index (χ1n) is 10.6. The van der Waals surface area contributed by atoms with E-state index in [1.54, 1.807) is 60.7 Å². The average Bonchev–Trinajstić information content (AvgIpc) is 3.29. The lowest BCUT2D eigenvalue weighted by atomic mass is 10.2. The molecule has 180 valence electrons. The van der Waals surface area contributed by atoms with Gasteiger partial charge in [-0.3, -0.25) is 9.52 Å². The number of amides is 1. The summed E-state index contributed by atoms with van der Waals surface area (Å²) >= 11 is 8.66. The number of carbonyl (C=O) groups excluding carboxylic acids is 1. The van der Waals surface area contributed by atoms with Crippen molar-refractivity contribution in [1.29, 1.82) is 0 Å². The summed E-state index contributed by atoms with van der Waals surface area (Å²) in [5.41, 5.74) is 3.13. The highest BCUT2D eigenvalue weighted by Crippen LogP contribution is 2.29. The molecular formula is C25H22ClN3O3S3. The van der Waals surface area contributed by atoms with Crippen LogP contribution in [-0.2, 0) is 14.8 Å². The van der Waals surface area contributed by atoms with Crippen LogP contribution in [-0.4, -0.2) is 24.6 Å². The molecule has 3 aromatic carbocycles. The standard InChI is InChI=1S/C25H22ClN3O3S3/c1-16-3-13-22(14-4-16)35(31,32)29-20-9-11-21(12-10-20)34-17(2)24(30)28-25-27-23(15-33-25)18-5-7-19(26)8-6-18/h3-15,17,29H,1-2H3,(H,27,28,30). The van der Waals surface area contributed by atoms with Gasteiger partial charge in [-0.05, 0) is 62.4 Å². The molecule has 0 fully saturated rings. The van der Waals surface area contributed by atoms with Gasteiger partial charge in [-0.25, -0.2) is 13.4 Å². The molecule has 4 aromatic rings. The summed E-state index contributed by atoms with van der Waals surface area (Å²) in [4.78, 5) is 18.2. The first-order chi connectivity index (χ1) is 16.7. The monoisotopic (exact) mass is 543 g/mol. The molecule has 4 rings (SSSR count). The largest absolute Gasteiger partial charge is 0.301 e. The number of halogens is 1. The normalized spacial score (nSPS) is 12.2. The van der Waals surface area contributed by atoms with Gasteiger partial charge < -0.3 is 5.32 Å². The van der Waals surface area contributed by atoms with Crippen LogP contribution in [0.3, 0.4) is 0 Å². The molecule has 6 nitrogen and oxygen atoms in total. The van der Waals surface area contributed by atoms with E-state index in [1.165, 1.54) is 23.1 Å². The number of sulfonamides is 1. The average molecular weight is 544 g/mol. The lowest BCUT2D eigenvalue weighted by Gasteiger charge is -2.12. The molecule has 0 aliphatic rings. The number of nitrogens with zero attached hydrogens (tertiary/aromatic N) is 1. The molecule has 1 amide bonds. The lowest BCUT2D eigenvalue weighted by molar-refractivity contribution is -0.115. The fourth-order valence-corrected chi connectivity index (χ4v) is 5.86. The van der Waals surface area contributed by atoms with Crippen molar-refractivity contribution < 1.29 is 13.2 Å². The quantitative estimate of drug-likeness (QED) is 0.242. The number of anilines is 2. The number of rotatable bonds is 8. The third-order valence-corrected chi connectivity index (χ3v) is 8.51. The molecule has 0 bridgehead atoms. The minimum atomic E-state index is -3.67. The van der Waals surface area contributed by atoms with E-state index in [2.05, 4.69) is 15.0 Å². The van der Waals surface area contributed by atoms with Gasteiger partial charge >= 0.3 is 0 Å². The highest BCUT2D eigenvalue weighted by atomic mass is 35.5. The number of thiazole rings is 1. The number of aryl methyl sites for hydroxylation is 1. The van der Waals surface area contributed by atoms with Crippen LogP contribution in [0.25, 0.3) is 11.3 Å². The molecule has 2 N–H and O–H groups in total. The van der Waals surface area contributed by atoms with E-state index in [1.807, 2.05) is 31.4 Å². The van der Waals surface area contributed by atoms with Crippen molar-refractivity contribution in [3.63, 3.8) is 0 Å². The summed E-state index contributed by atoms with van der Waals surface area (Å²) in [6.45, 7) is 3.71. The van der Waals surface area contributed by atoms with Gasteiger partial charge in [-0.15, -0.1) is 23.1 Å². The second-order valence-electron chi connectivity index (χ2n) is 7.74. The van der Waals surface area contributed by atoms with E-state index < -0.39 is 10.0 Å². The molecule has 0 radical (unpaired) electrons. The minimum absolute atomic E-state index is 0.170. The Morgan fingerprint density at radius 3 is 2.31 bits per heavy atom. The summed E-state index contributed by atoms with van der Waals surface area (Å²) in [5.74, 6) is -0.170. The Hall–Kier alpha value is -2.85. The van der Waals surface area contributed by atoms with Crippen molar-refractivity contribution in [2.75, 3.05) is 10.0 Å². The molecule has 1 heterocycles. The van der Waals surface area contributed by atoms with E-state index in [4.69, 9.17) is 11.6 Å². The molecule has 1 unspecified atom stereocenters. The number of hydrogen-bond acceptors (Lipinski definition) is 6. The van der Waals surface area contributed by atoms with Gasteiger partial charge in [0.05, 0.1) is 15.8 Å². The molecule has 0 aliphatic carbocycles. The second-order valence-corrected chi connectivity index (χ2v) is 12.1. The van der Waals surface area contributed by atoms with Crippen LogP contribution in [0.1, 0.15) is 12.5 Å². The van der Waals surface area contributed by atoms with Crippen molar-refractivity contribution >= 4 is 61.4 Å². The topological polar surface area (TPSA) is 88.2 Å². The predicted molar refractivity (Wildman–Crippen MR) is 145 cm³/mol. The molecule has 10 heteroatoms. The number of carbonyl (C=O) groups is 1. The maximum Gasteiger partial charge on any atom is 0.261 e. The fraction of sp³-hybridized carbons (Fsp3) is 0.120. The Morgan fingerprint density at radius 1 is 1.00 bits per heavy atom. The summed E-state index contributed by atoms with van der Waals surface area (Å²) < 4.78 is 27.7. The SMILES string of the molecule is Cc1ccc(S(=O)(=O)Nc2ccc(SC(C)C(=O)Nc3nc(-c4ccc(Cl)cc4)cs3)cc2)cc1. The van der Waals surface area contributed by atoms with Crippen molar-refractivity contribution in [3.8, 4) is 11.3 Å². The Labute approximate surface area is 217 Å². The van der Waals surface area contributed by atoms with Crippen molar-refractivity contribution in [2.45, 2.75) is 28.9 Å². The lowest BCUT2D eigenvalue weighted by Crippen LogP contribution is -2.22. The van der Waals surface area contributed by atoms with Gasteiger partial charge in [0.2, 0.25) is 5.91 Å². The first kappa shape index (κ1) is 25.2. The zero-order valence-corrected chi connectivity index (χ0v) is 22.1. The predicted octanol–water partition coefficient (Wildman–Crippen LogP) is 6.69. The molecule has 1 aromatic heterocycles. The third-order valence-electron chi connectivity index (χ3n) is 4.99. The number of nitrogens with one attached hydrogen (secondary N) is 2. The van der Waals surface area contributed by atoms with Gasteiger partial charge in [-0.2, -0.15) is 0 Å². The van der Waals surface area contributed by atoms with E-state index in [-0.39, 0.29) is 16.1 Å². The molecule has 0 aliphatic heterocycles. The molecule has 0 saturated carbocycles. The Morgan fingerprint density at radius 2 is 1.66 bits per heavy atom. The zero-order valence-electron chi connectivity index (χ0n) is 18.9. The summed E-state index contributed by atoms with van der Waals surface area (Å²) in [6, 6.07) is 20.9. The summed E-state index contributed by atoms with van der Waals surface area (Å²) in [5, 5.41) is 5.53. The van der Waals surface area contributed by atoms with Crippen LogP contribution in [0.2, 0.25) is 5.02 Å². The minimum Gasteiger partial charge on any atom is -0.301 e. The van der Waals surface area contributed by atoms with Crippen LogP contribution < -0.4 is 10.0 Å². The van der Waals surface area contributed by atoms with Crippen LogP contribution >= 0.6 is 34.7 Å². The highest BCUT2D eigenvalue weighted by Gasteiger charge is 2.17. The van der Waals surface area contributed by atoms with Crippen LogP contribution in [0, 0.1) is 6.92 Å². The smallest absolute Gasteiger partial charge is 0.261 e. The molecule has 35 heavy (non-hydrogen) atoms. The van der Waals surface area contributed by atoms with Crippen molar-refractivity contribution in [3.05, 3.63) is 88.8 Å². The van der Waals surface area contributed by atoms with Gasteiger partial charge in [0.15, 0.2) is 5.13 Å². The molecule has 0 saturated heterocycles. The third kappa shape index (κ3) is 6.64. The summed E-state index contributed by atoms with van der Waals surface area (Å²) in [6.07, 6.45) is 0. The van der Waals surface area contributed by atoms with Crippen LogP contribution in [0.5, 0.6) is 0 Å². The fourth-order valence-electron chi connectivity index (χ4n) is 3.08. The van der Waals surface area contributed by atoms with Crippen molar-refractivity contribution in [2.24, 2.45) is 0 Å². The zero-order chi connectivity index (χ0) is 25.0. The van der Waals surface area contributed by atoms with Gasteiger partial charge in [-0.1, -0.05) is 41.4 Å². The van der Waals surface area contributed by atoms with Crippen LogP contribution in [0.4, 0.5) is 10.8 Å². The number of aromatic nitrogens is 1. The van der Waals surface area contributed by atoms with Gasteiger partial charge in [0.25, 0.3) is 10.0 Å². The Bertz CT molecular complexity index is 1420. The molecule has 0 spiro atoms. The van der Waals surface area contributed by atoms with E-state index in [0.29, 0.717) is 15.8 Å². The van der Waals surface area contributed by atoms with Crippen molar-refractivity contribution in [1.82, 2.24) is 4.98 Å². The maximum atomic E-state index is 12.7. The van der Waals surface area contributed by atoms with E-state index in [9.17, 15) is 13.2 Å². The maximum absolute atomic E-state index is 12.7. The number of hydrogen-bond donors (Lipinski definition) is 2. The second kappa shape index (κ2) is 10.8. The van der Waals surface area contributed by atoms with E-state index in [0.717, 1.165) is 21.7 Å². The van der Waals surface area contributed by atoms with Gasteiger partial charge in [0.1, 0.15) is 0 Å². The number of thioether (sulfide) groups is 1. The Kier molecular flexibility index (Phi) is 7.81. The number of benzene rings is 3. The van der Waals surface area contributed by atoms with Gasteiger partial charge in [0, 0.05) is 26.5 Å². The van der Waals surface area contributed by atoms with Crippen LogP contribution in [0.15, 0.2) is 88.0 Å². The van der Waals surface area contributed by atoms with E-state index >= 15 is 0 Å². The molecular weight excluding hydrogens is 522 g/mol. The first-order valence-corrected chi connectivity index (χ1v) is 14.2.